The van der Waals surface area contributed by atoms with E-state index in [1.807, 2.05) is 42.5 Å². The van der Waals surface area contributed by atoms with Crippen molar-refractivity contribution in [3.8, 4) is 0 Å². The Bertz CT molecular complexity index is 524. The molecule has 98 valence electrons. The minimum Gasteiger partial charge on any atom is -0.462 e. The summed E-state index contributed by atoms with van der Waals surface area (Å²) in [4.78, 5) is 11.5. The van der Waals surface area contributed by atoms with Crippen LogP contribution < -0.4 is 10.9 Å². The fraction of sp³-hybridized carbons (Fsp3) is 0.133. The standard InChI is InChI=1S/C15H16N2O2/c1-2-19-15(18)12-8-10-14(11-9-12)17-16-13-6-4-3-5-7-13/h3-11,16-17H,2H2,1H3. The third-order valence-electron chi connectivity index (χ3n) is 2.52. The number of ether oxygens (including phenoxy) is 1. The molecule has 0 amide bonds. The van der Waals surface area contributed by atoms with E-state index in [0.29, 0.717) is 12.2 Å². The molecule has 4 heteroatoms. The third kappa shape index (κ3) is 3.74. The van der Waals surface area contributed by atoms with E-state index in [0.717, 1.165) is 11.4 Å². The van der Waals surface area contributed by atoms with E-state index in [9.17, 15) is 4.79 Å². The highest BCUT2D eigenvalue weighted by atomic mass is 16.5. The SMILES string of the molecule is CCOC(=O)c1ccc(NNc2ccccc2)cc1. The Balaban J connectivity index is 1.94. The minimum atomic E-state index is -0.301. The normalized spacial score (nSPS) is 9.74. The zero-order chi connectivity index (χ0) is 13.5. The van der Waals surface area contributed by atoms with E-state index in [2.05, 4.69) is 10.9 Å². The van der Waals surface area contributed by atoms with Gasteiger partial charge in [0.05, 0.1) is 23.5 Å². The van der Waals surface area contributed by atoms with E-state index >= 15 is 0 Å². The van der Waals surface area contributed by atoms with Gasteiger partial charge in [-0.3, -0.25) is 0 Å². The predicted molar refractivity (Wildman–Crippen MR) is 76.1 cm³/mol. The Morgan fingerprint density at radius 3 is 2.11 bits per heavy atom. The van der Waals surface area contributed by atoms with Crippen LogP contribution in [-0.2, 0) is 4.74 Å². The molecule has 0 heterocycles. The zero-order valence-electron chi connectivity index (χ0n) is 10.7. The first-order valence-electron chi connectivity index (χ1n) is 6.14. The second-order valence-electron chi connectivity index (χ2n) is 3.91. The van der Waals surface area contributed by atoms with Crippen LogP contribution in [0.15, 0.2) is 54.6 Å². The highest BCUT2D eigenvalue weighted by molar-refractivity contribution is 5.89. The van der Waals surface area contributed by atoms with Crippen LogP contribution in [0.3, 0.4) is 0 Å². The monoisotopic (exact) mass is 256 g/mol. The van der Waals surface area contributed by atoms with Gasteiger partial charge in [-0.15, -0.1) is 0 Å². The van der Waals surface area contributed by atoms with Crippen LogP contribution in [0.1, 0.15) is 17.3 Å². The number of para-hydroxylation sites is 1. The second-order valence-corrected chi connectivity index (χ2v) is 3.91. The summed E-state index contributed by atoms with van der Waals surface area (Å²) in [6.07, 6.45) is 0. The molecule has 0 atom stereocenters. The highest BCUT2D eigenvalue weighted by Gasteiger charge is 2.05. The molecule has 0 saturated heterocycles. The average Bonchev–Trinajstić information content (AvgIpc) is 2.47. The van der Waals surface area contributed by atoms with Crippen LogP contribution in [0.25, 0.3) is 0 Å². The number of hydrazine groups is 1. The lowest BCUT2D eigenvalue weighted by Gasteiger charge is -2.10. The molecule has 2 N–H and O–H groups in total. The Labute approximate surface area is 112 Å². The largest absolute Gasteiger partial charge is 0.462 e. The number of hydrogen-bond acceptors (Lipinski definition) is 4. The van der Waals surface area contributed by atoms with Crippen molar-refractivity contribution in [1.82, 2.24) is 0 Å². The van der Waals surface area contributed by atoms with Gasteiger partial charge in [-0.1, -0.05) is 18.2 Å². The van der Waals surface area contributed by atoms with E-state index < -0.39 is 0 Å². The van der Waals surface area contributed by atoms with Crippen LogP contribution in [0, 0.1) is 0 Å². The fourth-order valence-corrected chi connectivity index (χ4v) is 1.57. The summed E-state index contributed by atoms with van der Waals surface area (Å²) in [5.41, 5.74) is 8.52. The minimum absolute atomic E-state index is 0.301. The summed E-state index contributed by atoms with van der Waals surface area (Å²) < 4.78 is 4.92. The van der Waals surface area contributed by atoms with E-state index in [1.165, 1.54) is 0 Å². The third-order valence-corrected chi connectivity index (χ3v) is 2.52. The number of anilines is 2. The maximum absolute atomic E-state index is 11.5. The molecule has 2 aromatic rings. The predicted octanol–water partition coefficient (Wildman–Crippen LogP) is 3.30. The smallest absolute Gasteiger partial charge is 0.338 e. The van der Waals surface area contributed by atoms with Crippen molar-refractivity contribution in [1.29, 1.82) is 0 Å². The maximum atomic E-state index is 11.5. The first kappa shape index (κ1) is 13.0. The first-order valence-corrected chi connectivity index (χ1v) is 6.14. The summed E-state index contributed by atoms with van der Waals surface area (Å²) in [6.45, 7) is 2.17. The van der Waals surface area contributed by atoms with Crippen LogP contribution >= 0.6 is 0 Å². The molecule has 0 radical (unpaired) electrons. The average molecular weight is 256 g/mol. The molecule has 0 aromatic heterocycles. The van der Waals surface area contributed by atoms with Crippen molar-refractivity contribution < 1.29 is 9.53 Å². The van der Waals surface area contributed by atoms with Crippen molar-refractivity contribution in [2.24, 2.45) is 0 Å². The van der Waals surface area contributed by atoms with Crippen LogP contribution in [0.4, 0.5) is 11.4 Å². The summed E-state index contributed by atoms with van der Waals surface area (Å²) in [5.74, 6) is -0.301. The Morgan fingerprint density at radius 1 is 0.947 bits per heavy atom. The van der Waals surface area contributed by atoms with Crippen molar-refractivity contribution in [2.75, 3.05) is 17.5 Å². The summed E-state index contributed by atoms with van der Waals surface area (Å²) in [5, 5.41) is 0. The van der Waals surface area contributed by atoms with Crippen molar-refractivity contribution in [3.63, 3.8) is 0 Å². The highest BCUT2D eigenvalue weighted by Crippen LogP contribution is 2.12. The van der Waals surface area contributed by atoms with Gasteiger partial charge in [0.1, 0.15) is 0 Å². The molecule has 19 heavy (non-hydrogen) atoms. The fourth-order valence-electron chi connectivity index (χ4n) is 1.57. The Morgan fingerprint density at radius 2 is 1.53 bits per heavy atom. The van der Waals surface area contributed by atoms with Crippen molar-refractivity contribution >= 4 is 17.3 Å². The molecule has 2 aromatic carbocycles. The number of esters is 1. The molecule has 0 aliphatic carbocycles. The summed E-state index contributed by atoms with van der Waals surface area (Å²) >= 11 is 0. The van der Waals surface area contributed by atoms with Gasteiger partial charge in [-0.2, -0.15) is 0 Å². The van der Waals surface area contributed by atoms with Gasteiger partial charge in [-0.25, -0.2) is 4.79 Å². The Hall–Kier alpha value is -2.49. The molecule has 4 nitrogen and oxygen atoms in total. The quantitative estimate of drug-likeness (QED) is 0.636. The lowest BCUT2D eigenvalue weighted by molar-refractivity contribution is 0.0526. The number of benzene rings is 2. The van der Waals surface area contributed by atoms with Gasteiger partial charge in [0.25, 0.3) is 0 Å². The van der Waals surface area contributed by atoms with Gasteiger partial charge in [-0.05, 0) is 43.3 Å². The number of rotatable bonds is 5. The van der Waals surface area contributed by atoms with E-state index in [1.54, 1.807) is 19.1 Å². The second kappa shape index (κ2) is 6.44. The van der Waals surface area contributed by atoms with Crippen LogP contribution in [-0.4, -0.2) is 12.6 Å². The van der Waals surface area contributed by atoms with Gasteiger partial charge >= 0.3 is 5.97 Å². The van der Waals surface area contributed by atoms with E-state index in [-0.39, 0.29) is 5.97 Å². The van der Waals surface area contributed by atoms with Crippen LogP contribution in [0.5, 0.6) is 0 Å². The van der Waals surface area contributed by atoms with Gasteiger partial charge in [0.15, 0.2) is 0 Å². The molecule has 0 aliphatic heterocycles. The van der Waals surface area contributed by atoms with Gasteiger partial charge in [0.2, 0.25) is 0 Å². The lowest BCUT2D eigenvalue weighted by atomic mass is 10.2. The maximum Gasteiger partial charge on any atom is 0.338 e. The summed E-state index contributed by atoms with van der Waals surface area (Å²) in [6, 6.07) is 16.9. The molecule has 0 unspecified atom stereocenters. The molecular formula is C15H16N2O2. The molecule has 0 spiro atoms. The topological polar surface area (TPSA) is 50.4 Å². The first-order chi connectivity index (χ1) is 9.29. The molecule has 2 rings (SSSR count). The van der Waals surface area contributed by atoms with Gasteiger partial charge < -0.3 is 15.6 Å². The molecule has 0 aliphatic rings. The molecule has 0 bridgehead atoms. The number of carbonyl (C=O) groups excluding carboxylic acids is 1. The molecule has 0 saturated carbocycles. The number of hydrogen-bond donors (Lipinski definition) is 2. The van der Waals surface area contributed by atoms with E-state index in [4.69, 9.17) is 4.74 Å². The zero-order valence-corrected chi connectivity index (χ0v) is 10.7. The molecule has 0 fully saturated rings. The van der Waals surface area contributed by atoms with Crippen molar-refractivity contribution in [2.45, 2.75) is 6.92 Å². The number of nitrogens with one attached hydrogen (secondary N) is 2. The molecular weight excluding hydrogens is 240 g/mol. The Kier molecular flexibility index (Phi) is 4.39. The number of carbonyl (C=O) groups is 1. The van der Waals surface area contributed by atoms with Gasteiger partial charge in [0, 0.05) is 0 Å². The summed E-state index contributed by atoms with van der Waals surface area (Å²) in [7, 11) is 0. The van der Waals surface area contributed by atoms with Crippen LogP contribution in [0.2, 0.25) is 0 Å². The lowest BCUT2D eigenvalue weighted by Crippen LogP contribution is -2.09. The van der Waals surface area contributed by atoms with Crippen molar-refractivity contribution in [3.05, 3.63) is 60.2 Å².